The van der Waals surface area contributed by atoms with Crippen molar-refractivity contribution in [1.82, 2.24) is 9.47 Å². The number of aromatic carboxylic acids is 1. The van der Waals surface area contributed by atoms with Gasteiger partial charge in [-0.3, -0.25) is 10.1 Å². The van der Waals surface area contributed by atoms with Crippen LogP contribution < -0.4 is 0 Å². The molecule has 0 fully saturated rings. The number of nitro groups is 1. The molecule has 0 atom stereocenters. The number of carboxylic acids is 1. The normalized spacial score (nSPS) is 11.1. The number of amides is 1. The van der Waals surface area contributed by atoms with Gasteiger partial charge in [0.1, 0.15) is 11.3 Å². The maximum atomic E-state index is 11.8. The Morgan fingerprint density at radius 1 is 1.45 bits per heavy atom. The van der Waals surface area contributed by atoms with Crippen molar-refractivity contribution in [3.63, 3.8) is 0 Å². The zero-order chi connectivity index (χ0) is 17.1. The highest BCUT2D eigenvalue weighted by molar-refractivity contribution is 5.86. The molecule has 22 heavy (non-hydrogen) atoms. The molecule has 9 heteroatoms. The van der Waals surface area contributed by atoms with E-state index in [1.165, 1.54) is 16.5 Å². The van der Waals surface area contributed by atoms with Crippen molar-refractivity contribution in [2.45, 2.75) is 32.9 Å². The minimum atomic E-state index is -1.27. The van der Waals surface area contributed by atoms with Crippen molar-refractivity contribution >= 4 is 17.7 Å². The van der Waals surface area contributed by atoms with E-state index in [1.807, 2.05) is 0 Å². The van der Waals surface area contributed by atoms with Gasteiger partial charge in [-0.2, -0.15) is 0 Å². The summed E-state index contributed by atoms with van der Waals surface area (Å²) in [7, 11) is 1.51. The minimum Gasteiger partial charge on any atom is -0.477 e. The second kappa shape index (κ2) is 6.46. The fourth-order valence-corrected chi connectivity index (χ4v) is 1.65. The smallest absolute Gasteiger partial charge is 0.410 e. The average molecular weight is 313 g/mol. The van der Waals surface area contributed by atoms with Gasteiger partial charge in [0.25, 0.3) is 5.69 Å². The number of ether oxygens (including phenoxy) is 1. The Hall–Kier alpha value is -2.58. The van der Waals surface area contributed by atoms with Crippen LogP contribution in [0, 0.1) is 10.1 Å². The lowest BCUT2D eigenvalue weighted by Gasteiger charge is -2.24. The van der Waals surface area contributed by atoms with Crippen LogP contribution in [0.3, 0.4) is 0 Å². The average Bonchev–Trinajstić information content (AvgIpc) is 2.78. The van der Waals surface area contributed by atoms with Gasteiger partial charge in [0.2, 0.25) is 0 Å². The van der Waals surface area contributed by atoms with Crippen molar-refractivity contribution in [2.75, 3.05) is 13.6 Å². The summed E-state index contributed by atoms with van der Waals surface area (Å²) >= 11 is 0. The molecule has 0 spiro atoms. The van der Waals surface area contributed by atoms with Crippen molar-refractivity contribution in [1.29, 1.82) is 0 Å². The van der Waals surface area contributed by atoms with Crippen LogP contribution in [-0.2, 0) is 11.3 Å². The van der Waals surface area contributed by atoms with Gasteiger partial charge in [-0.15, -0.1) is 0 Å². The third kappa shape index (κ3) is 4.76. The molecule has 1 N–H and O–H groups in total. The van der Waals surface area contributed by atoms with Gasteiger partial charge in [0.15, 0.2) is 0 Å². The molecule has 1 amide bonds. The molecule has 1 aromatic heterocycles. The Bertz CT molecular complexity index is 587. The maximum Gasteiger partial charge on any atom is 0.410 e. The third-order valence-corrected chi connectivity index (χ3v) is 2.69. The summed E-state index contributed by atoms with van der Waals surface area (Å²) in [6, 6.07) is 0.982. The largest absolute Gasteiger partial charge is 0.477 e. The van der Waals surface area contributed by atoms with Crippen molar-refractivity contribution in [3.8, 4) is 0 Å². The topological polar surface area (TPSA) is 115 Å². The molecular formula is C13H19N3O6. The number of nitrogens with zero attached hydrogens (tertiary/aromatic N) is 3. The lowest BCUT2D eigenvalue weighted by atomic mass is 10.2. The van der Waals surface area contributed by atoms with E-state index in [2.05, 4.69) is 0 Å². The van der Waals surface area contributed by atoms with E-state index in [0.717, 1.165) is 12.3 Å². The second-order valence-electron chi connectivity index (χ2n) is 5.74. The summed E-state index contributed by atoms with van der Waals surface area (Å²) in [6.45, 7) is 5.45. The standard InChI is InChI=1S/C13H19N3O6/c1-13(2,3)22-12(19)14(4)5-6-15-8-9(16(20)21)7-10(15)11(17)18/h7-8H,5-6H2,1-4H3,(H,17,18). The molecule has 0 aromatic carbocycles. The highest BCUT2D eigenvalue weighted by Gasteiger charge is 2.21. The Morgan fingerprint density at radius 3 is 2.50 bits per heavy atom. The van der Waals surface area contributed by atoms with Crippen molar-refractivity contribution in [3.05, 3.63) is 28.1 Å². The first kappa shape index (κ1) is 17.5. The van der Waals surface area contributed by atoms with E-state index in [-0.39, 0.29) is 24.5 Å². The molecule has 9 nitrogen and oxygen atoms in total. The summed E-state index contributed by atoms with van der Waals surface area (Å²) in [5.74, 6) is -1.27. The van der Waals surface area contributed by atoms with Crippen LogP contribution in [-0.4, -0.2) is 50.8 Å². The number of rotatable bonds is 5. The first-order valence-electron chi connectivity index (χ1n) is 6.53. The summed E-state index contributed by atoms with van der Waals surface area (Å²) < 4.78 is 6.39. The summed E-state index contributed by atoms with van der Waals surface area (Å²) in [4.78, 5) is 34.2. The number of hydrogen-bond acceptors (Lipinski definition) is 5. The molecule has 122 valence electrons. The number of hydrogen-bond donors (Lipinski definition) is 1. The lowest BCUT2D eigenvalue weighted by molar-refractivity contribution is -0.384. The SMILES string of the molecule is CN(CCn1cc([N+](=O)[O-])cc1C(=O)O)C(=O)OC(C)(C)C. The molecule has 0 saturated carbocycles. The number of carbonyl (C=O) groups is 2. The Morgan fingerprint density at radius 2 is 2.05 bits per heavy atom. The number of likely N-dealkylation sites (N-methyl/N-ethyl adjacent to an activating group) is 1. The van der Waals surface area contributed by atoms with Gasteiger partial charge in [0.05, 0.1) is 11.1 Å². The fraction of sp³-hybridized carbons (Fsp3) is 0.538. The Kier molecular flexibility index (Phi) is 5.13. The monoisotopic (exact) mass is 313 g/mol. The zero-order valence-electron chi connectivity index (χ0n) is 12.9. The van der Waals surface area contributed by atoms with E-state index in [0.29, 0.717) is 0 Å². The molecule has 0 unspecified atom stereocenters. The number of carbonyl (C=O) groups excluding carboxylic acids is 1. The predicted molar refractivity (Wildman–Crippen MR) is 76.9 cm³/mol. The van der Waals surface area contributed by atoms with Gasteiger partial charge >= 0.3 is 12.1 Å². The van der Waals surface area contributed by atoms with Gasteiger partial charge in [-0.1, -0.05) is 0 Å². The number of carboxylic acid groups (broad SMARTS) is 1. The molecule has 0 aliphatic heterocycles. The molecule has 1 heterocycles. The summed E-state index contributed by atoms with van der Waals surface area (Å²) in [5, 5.41) is 19.7. The molecule has 1 aromatic rings. The molecule has 0 radical (unpaired) electrons. The fourth-order valence-electron chi connectivity index (χ4n) is 1.65. The highest BCUT2D eigenvalue weighted by Crippen LogP contribution is 2.17. The van der Waals surface area contributed by atoms with Crippen molar-refractivity contribution < 1.29 is 24.4 Å². The zero-order valence-corrected chi connectivity index (χ0v) is 12.9. The summed E-state index contributed by atoms with van der Waals surface area (Å²) in [5.41, 5.74) is -1.15. The molecule has 1 rings (SSSR count). The molecular weight excluding hydrogens is 294 g/mol. The van der Waals surface area contributed by atoms with E-state index in [4.69, 9.17) is 9.84 Å². The van der Waals surface area contributed by atoms with Crippen LogP contribution in [0.4, 0.5) is 10.5 Å². The van der Waals surface area contributed by atoms with Crippen LogP contribution >= 0.6 is 0 Å². The van der Waals surface area contributed by atoms with E-state index in [1.54, 1.807) is 20.8 Å². The maximum absolute atomic E-state index is 11.8. The molecule has 0 aliphatic carbocycles. The number of aromatic nitrogens is 1. The van der Waals surface area contributed by atoms with Crippen LogP contribution in [0.15, 0.2) is 12.3 Å². The van der Waals surface area contributed by atoms with Crippen LogP contribution in [0.25, 0.3) is 0 Å². The second-order valence-corrected chi connectivity index (χ2v) is 5.74. The van der Waals surface area contributed by atoms with Gasteiger partial charge in [-0.05, 0) is 20.8 Å². The molecule has 0 bridgehead atoms. The molecule has 0 saturated heterocycles. The van der Waals surface area contributed by atoms with E-state index >= 15 is 0 Å². The lowest BCUT2D eigenvalue weighted by Crippen LogP contribution is -2.36. The third-order valence-electron chi connectivity index (χ3n) is 2.69. The van der Waals surface area contributed by atoms with Crippen LogP contribution in [0.1, 0.15) is 31.3 Å². The first-order valence-corrected chi connectivity index (χ1v) is 6.53. The van der Waals surface area contributed by atoms with Gasteiger partial charge in [0, 0.05) is 26.2 Å². The predicted octanol–water partition coefficient (Wildman–Crippen LogP) is 1.96. The summed E-state index contributed by atoms with van der Waals surface area (Å²) in [6.07, 6.45) is 0.581. The quantitative estimate of drug-likeness (QED) is 0.656. The van der Waals surface area contributed by atoms with E-state index in [9.17, 15) is 19.7 Å². The molecule has 0 aliphatic rings. The Balaban J connectivity index is 2.77. The minimum absolute atomic E-state index is 0.102. The van der Waals surface area contributed by atoms with Crippen molar-refractivity contribution in [2.24, 2.45) is 0 Å². The first-order chi connectivity index (χ1) is 10.0. The van der Waals surface area contributed by atoms with Gasteiger partial charge in [-0.25, -0.2) is 9.59 Å². The van der Waals surface area contributed by atoms with Gasteiger partial charge < -0.3 is 19.3 Å². The highest BCUT2D eigenvalue weighted by atomic mass is 16.6. The van der Waals surface area contributed by atoms with E-state index < -0.39 is 22.6 Å². The van der Waals surface area contributed by atoms with Crippen LogP contribution in [0.2, 0.25) is 0 Å². The van der Waals surface area contributed by atoms with Crippen LogP contribution in [0.5, 0.6) is 0 Å². The Labute approximate surface area is 127 Å².